The number of aromatic nitrogens is 3. The van der Waals surface area contributed by atoms with Crippen molar-refractivity contribution in [2.24, 2.45) is 5.73 Å². The molecule has 0 aromatic carbocycles. The van der Waals surface area contributed by atoms with Crippen LogP contribution in [0.2, 0.25) is 0 Å². The highest BCUT2D eigenvalue weighted by atomic mass is 32.2. The molecule has 1 atom stereocenters. The molecule has 0 bridgehead atoms. The van der Waals surface area contributed by atoms with Gasteiger partial charge < -0.3 is 5.73 Å². The lowest BCUT2D eigenvalue weighted by Gasteiger charge is -2.13. The van der Waals surface area contributed by atoms with E-state index in [1.165, 1.54) is 11.8 Å². The Morgan fingerprint density at radius 2 is 2.31 bits per heavy atom. The van der Waals surface area contributed by atoms with Crippen molar-refractivity contribution in [3.05, 3.63) is 10.5 Å². The first kappa shape index (κ1) is 12.8. The van der Waals surface area contributed by atoms with E-state index in [0.29, 0.717) is 5.16 Å². The van der Waals surface area contributed by atoms with Crippen LogP contribution >= 0.6 is 11.8 Å². The third kappa shape index (κ3) is 2.66. The molecule has 1 aromatic heterocycles. The van der Waals surface area contributed by atoms with E-state index in [9.17, 15) is 4.79 Å². The predicted molar refractivity (Wildman–Crippen MR) is 65.1 cm³/mol. The molecule has 6 nitrogen and oxygen atoms in total. The molecule has 1 aromatic rings. The number of aromatic amines is 1. The van der Waals surface area contributed by atoms with Crippen molar-refractivity contribution in [1.29, 1.82) is 5.41 Å². The molecule has 0 amide bonds. The Bertz CT molecular complexity index is 422. The Kier molecular flexibility index (Phi) is 4.17. The van der Waals surface area contributed by atoms with Crippen LogP contribution in [0.15, 0.2) is 9.95 Å². The zero-order chi connectivity index (χ0) is 12.3. The molecule has 1 unspecified atom stereocenters. The van der Waals surface area contributed by atoms with E-state index in [1.807, 2.05) is 20.8 Å². The van der Waals surface area contributed by atoms with Gasteiger partial charge in [-0.2, -0.15) is 0 Å². The number of hydrogen-bond donors (Lipinski definition) is 3. The van der Waals surface area contributed by atoms with Crippen molar-refractivity contribution in [2.45, 2.75) is 43.6 Å². The number of H-pyrrole nitrogens is 1. The highest BCUT2D eigenvalue weighted by Gasteiger charge is 2.18. The van der Waals surface area contributed by atoms with E-state index in [1.54, 1.807) is 4.57 Å². The standard InChI is InChI=1S/C9H17N5OS/c1-4-6(7(10)11)16-9-13-12-8(15)14(9)5(2)3/h5-6H,4H2,1-3H3,(H3,10,11)(H,12,15). The van der Waals surface area contributed by atoms with Gasteiger partial charge in [0.15, 0.2) is 5.16 Å². The number of thioether (sulfide) groups is 1. The molecule has 0 saturated heterocycles. The molecular weight excluding hydrogens is 226 g/mol. The van der Waals surface area contributed by atoms with Crippen LogP contribution in [0.25, 0.3) is 0 Å². The lowest BCUT2D eigenvalue weighted by atomic mass is 10.3. The summed E-state index contributed by atoms with van der Waals surface area (Å²) in [7, 11) is 0. The number of rotatable bonds is 5. The van der Waals surface area contributed by atoms with Crippen molar-refractivity contribution in [2.75, 3.05) is 0 Å². The molecular formula is C9H17N5OS. The molecule has 0 fully saturated rings. The summed E-state index contributed by atoms with van der Waals surface area (Å²) in [6, 6.07) is 0.0400. The van der Waals surface area contributed by atoms with Gasteiger partial charge in [-0.15, -0.1) is 5.10 Å². The van der Waals surface area contributed by atoms with Crippen molar-refractivity contribution in [3.8, 4) is 0 Å². The highest BCUT2D eigenvalue weighted by Crippen LogP contribution is 2.23. The first-order valence-electron chi connectivity index (χ1n) is 5.14. The van der Waals surface area contributed by atoms with Gasteiger partial charge in [-0.1, -0.05) is 18.7 Å². The molecule has 4 N–H and O–H groups in total. The average Bonchev–Trinajstić information content (AvgIpc) is 2.55. The van der Waals surface area contributed by atoms with Crippen LogP contribution < -0.4 is 11.4 Å². The quantitative estimate of drug-likeness (QED) is 0.407. The summed E-state index contributed by atoms with van der Waals surface area (Å²) in [6.45, 7) is 5.77. The maximum absolute atomic E-state index is 11.5. The van der Waals surface area contributed by atoms with Crippen molar-refractivity contribution < 1.29 is 0 Å². The number of nitrogens with zero attached hydrogens (tertiary/aromatic N) is 2. The maximum atomic E-state index is 11.5. The molecule has 1 rings (SSSR count). The van der Waals surface area contributed by atoms with E-state index in [2.05, 4.69) is 10.2 Å². The fourth-order valence-electron chi connectivity index (χ4n) is 1.32. The minimum absolute atomic E-state index is 0.0400. The summed E-state index contributed by atoms with van der Waals surface area (Å²) in [4.78, 5) is 11.5. The Morgan fingerprint density at radius 1 is 1.69 bits per heavy atom. The van der Waals surface area contributed by atoms with Gasteiger partial charge >= 0.3 is 5.69 Å². The topological polar surface area (TPSA) is 101 Å². The first-order chi connectivity index (χ1) is 7.47. The molecule has 0 saturated carbocycles. The lowest BCUT2D eigenvalue weighted by molar-refractivity contribution is 0.533. The van der Waals surface area contributed by atoms with Crippen LogP contribution in [-0.4, -0.2) is 25.9 Å². The highest BCUT2D eigenvalue weighted by molar-refractivity contribution is 8.00. The number of hydrogen-bond acceptors (Lipinski definition) is 4. The number of nitrogens with two attached hydrogens (primary N) is 1. The van der Waals surface area contributed by atoms with Crippen LogP contribution in [0, 0.1) is 5.41 Å². The van der Waals surface area contributed by atoms with Crippen LogP contribution in [-0.2, 0) is 0 Å². The molecule has 0 aliphatic rings. The van der Waals surface area contributed by atoms with E-state index in [-0.39, 0.29) is 22.8 Å². The summed E-state index contributed by atoms with van der Waals surface area (Å²) >= 11 is 1.34. The van der Waals surface area contributed by atoms with Gasteiger partial charge in [0.05, 0.1) is 5.25 Å². The van der Waals surface area contributed by atoms with E-state index in [0.717, 1.165) is 6.42 Å². The SMILES string of the molecule is CCC(Sc1n[nH]c(=O)n1C(C)C)C(=N)N. The molecule has 0 radical (unpaired) electrons. The average molecular weight is 243 g/mol. The van der Waals surface area contributed by atoms with E-state index >= 15 is 0 Å². The first-order valence-corrected chi connectivity index (χ1v) is 6.02. The monoisotopic (exact) mass is 243 g/mol. The summed E-state index contributed by atoms with van der Waals surface area (Å²) in [6.07, 6.45) is 0.735. The van der Waals surface area contributed by atoms with Gasteiger partial charge in [0.1, 0.15) is 5.84 Å². The van der Waals surface area contributed by atoms with Crippen LogP contribution in [0.5, 0.6) is 0 Å². The fraction of sp³-hybridized carbons (Fsp3) is 0.667. The molecule has 90 valence electrons. The van der Waals surface area contributed by atoms with Gasteiger partial charge in [-0.05, 0) is 20.3 Å². The minimum atomic E-state index is -0.226. The lowest BCUT2D eigenvalue weighted by Crippen LogP contribution is -2.25. The van der Waals surface area contributed by atoms with E-state index < -0.39 is 0 Å². The normalized spacial score (nSPS) is 13.0. The van der Waals surface area contributed by atoms with Crippen molar-refractivity contribution in [3.63, 3.8) is 0 Å². The third-order valence-electron chi connectivity index (χ3n) is 2.15. The second-order valence-corrected chi connectivity index (χ2v) is 4.92. The molecule has 7 heteroatoms. The Balaban J connectivity index is 2.97. The van der Waals surface area contributed by atoms with Crippen LogP contribution in [0.1, 0.15) is 33.2 Å². The smallest absolute Gasteiger partial charge is 0.344 e. The minimum Gasteiger partial charge on any atom is -0.387 e. The summed E-state index contributed by atoms with van der Waals surface area (Å²) < 4.78 is 1.57. The van der Waals surface area contributed by atoms with Crippen LogP contribution in [0.4, 0.5) is 0 Å². The van der Waals surface area contributed by atoms with Gasteiger partial charge in [0.2, 0.25) is 0 Å². The Hall–Kier alpha value is -1.24. The molecule has 1 heterocycles. The number of nitrogens with one attached hydrogen (secondary N) is 2. The third-order valence-corrected chi connectivity index (χ3v) is 3.52. The van der Waals surface area contributed by atoms with Crippen LogP contribution in [0.3, 0.4) is 0 Å². The molecule has 0 aliphatic carbocycles. The maximum Gasteiger partial charge on any atom is 0.344 e. The summed E-state index contributed by atoms with van der Waals surface area (Å²) in [5.41, 5.74) is 5.24. The van der Waals surface area contributed by atoms with E-state index in [4.69, 9.17) is 11.1 Å². The summed E-state index contributed by atoms with van der Waals surface area (Å²) in [5, 5.41) is 14.2. The largest absolute Gasteiger partial charge is 0.387 e. The Labute approximate surface area is 98.1 Å². The van der Waals surface area contributed by atoms with Gasteiger partial charge in [0, 0.05) is 6.04 Å². The van der Waals surface area contributed by atoms with Gasteiger partial charge in [-0.25, -0.2) is 9.89 Å². The zero-order valence-corrected chi connectivity index (χ0v) is 10.5. The summed E-state index contributed by atoms with van der Waals surface area (Å²) in [5.74, 6) is 0.109. The van der Waals surface area contributed by atoms with Gasteiger partial charge in [-0.3, -0.25) is 9.98 Å². The Morgan fingerprint density at radius 3 is 2.75 bits per heavy atom. The molecule has 0 aliphatic heterocycles. The zero-order valence-electron chi connectivity index (χ0n) is 9.65. The fourth-order valence-corrected chi connectivity index (χ4v) is 2.38. The molecule has 0 spiro atoms. The second-order valence-electron chi connectivity index (χ2n) is 3.75. The number of amidine groups is 1. The molecule has 16 heavy (non-hydrogen) atoms. The van der Waals surface area contributed by atoms with Gasteiger partial charge in [0.25, 0.3) is 0 Å². The predicted octanol–water partition coefficient (Wildman–Crippen LogP) is 0.959. The second kappa shape index (κ2) is 5.20. The van der Waals surface area contributed by atoms with Crippen molar-refractivity contribution in [1.82, 2.24) is 14.8 Å². The van der Waals surface area contributed by atoms with Crippen molar-refractivity contribution >= 4 is 17.6 Å².